The number of nitrogens with zero attached hydrogens (tertiary/aromatic N) is 1. The van der Waals surface area contributed by atoms with Gasteiger partial charge in [0.1, 0.15) is 0 Å². The van der Waals surface area contributed by atoms with E-state index in [0.29, 0.717) is 3.63 Å². The van der Waals surface area contributed by atoms with Gasteiger partial charge in [0.2, 0.25) is 0 Å². The molecule has 1 unspecified atom stereocenters. The average molecular weight is 457 g/mol. The number of aromatic nitrogens is 1. The van der Waals surface area contributed by atoms with Crippen molar-refractivity contribution in [3.63, 3.8) is 0 Å². The van der Waals surface area contributed by atoms with E-state index in [-0.39, 0.29) is 24.8 Å². The Labute approximate surface area is 180 Å². The fourth-order valence-corrected chi connectivity index (χ4v) is 4.74. The zero-order valence-electron chi connectivity index (χ0n) is 14.2. The van der Waals surface area contributed by atoms with Crippen molar-refractivity contribution in [2.45, 2.75) is 10.5 Å². The summed E-state index contributed by atoms with van der Waals surface area (Å²) in [4.78, 5) is 0. The van der Waals surface area contributed by atoms with E-state index in [1.54, 1.807) is 24.7 Å². The van der Waals surface area contributed by atoms with E-state index in [0.717, 1.165) is 0 Å². The Hall–Kier alpha value is -1.34. The molecule has 3 aromatic carbocycles. The van der Waals surface area contributed by atoms with E-state index in [1.165, 1.54) is 44.2 Å². The Morgan fingerprint density at radius 1 is 0.769 bits per heavy atom. The second-order valence-corrected chi connectivity index (χ2v) is 7.89. The minimum atomic E-state index is 0. The number of hydrogen-bond donors (Lipinski definition) is 0. The molecular formula is C22H16Cl2NZr. The van der Waals surface area contributed by atoms with Crippen LogP contribution in [-0.4, -0.2) is 4.57 Å². The van der Waals surface area contributed by atoms with Gasteiger partial charge in [-0.15, -0.1) is 0 Å². The Morgan fingerprint density at radius 3 is 1.96 bits per heavy atom. The Kier molecular flexibility index (Phi) is 5.49. The molecule has 1 nitrogen and oxygen atoms in total. The van der Waals surface area contributed by atoms with Crippen LogP contribution in [0.2, 0.25) is 0 Å². The molecule has 26 heavy (non-hydrogen) atoms. The van der Waals surface area contributed by atoms with Gasteiger partial charge >= 0.3 is 157 Å². The summed E-state index contributed by atoms with van der Waals surface area (Å²) in [5.74, 6) is 0. The van der Waals surface area contributed by atoms with Crippen molar-refractivity contribution in [2.75, 3.05) is 0 Å². The maximum absolute atomic E-state index is 2.43. The van der Waals surface area contributed by atoms with Crippen molar-refractivity contribution < 1.29 is 49.5 Å². The van der Waals surface area contributed by atoms with Crippen LogP contribution in [0.3, 0.4) is 0 Å². The molecule has 1 atom stereocenters. The van der Waals surface area contributed by atoms with Crippen LogP contribution in [0.1, 0.15) is 21.7 Å². The van der Waals surface area contributed by atoms with Crippen LogP contribution in [0.25, 0.3) is 33.6 Å². The Bertz CT molecular complexity index is 1090. The number of rotatable bonds is 1. The zero-order valence-corrected chi connectivity index (χ0v) is 18.2. The van der Waals surface area contributed by atoms with Crippen LogP contribution in [-0.2, 0) is 24.7 Å². The molecule has 0 radical (unpaired) electrons. The minimum absolute atomic E-state index is 0. The van der Waals surface area contributed by atoms with Crippen molar-refractivity contribution in [3.8, 4) is 5.69 Å². The van der Waals surface area contributed by atoms with E-state index >= 15 is 0 Å². The first-order valence-electron chi connectivity index (χ1n) is 8.26. The quantitative estimate of drug-likeness (QED) is 0.374. The van der Waals surface area contributed by atoms with Gasteiger partial charge in [0, 0.05) is 0 Å². The summed E-state index contributed by atoms with van der Waals surface area (Å²) in [6.45, 7) is 2.26. The van der Waals surface area contributed by atoms with Crippen LogP contribution in [0.4, 0.5) is 0 Å². The van der Waals surface area contributed by atoms with E-state index in [1.807, 2.05) is 0 Å². The number of allylic oxidation sites excluding steroid dienone is 1. The molecule has 4 aromatic rings. The summed E-state index contributed by atoms with van der Waals surface area (Å²) >= 11 is 1.57. The molecule has 0 N–H and O–H groups in total. The van der Waals surface area contributed by atoms with Gasteiger partial charge in [-0.2, -0.15) is 0 Å². The average Bonchev–Trinajstić information content (AvgIpc) is 3.10. The standard InChI is InChI=1S/C22H16N.2ClH.Zr/c1-15-13-16-7-6-12-22(19(16)14-15)23-20-10-4-2-8-17(20)18-9-3-5-11-21(18)23;;;/h2-14H,1H3;2*1H;/q;;;+2/p-2. The van der Waals surface area contributed by atoms with Crippen molar-refractivity contribution in [1.82, 2.24) is 4.57 Å². The predicted molar refractivity (Wildman–Crippen MR) is 97.2 cm³/mol. The molecule has 0 saturated heterocycles. The summed E-state index contributed by atoms with van der Waals surface area (Å²) in [6.07, 6.45) is 2.38. The summed E-state index contributed by atoms with van der Waals surface area (Å²) in [5, 5.41) is 2.65. The number of halogens is 2. The van der Waals surface area contributed by atoms with Gasteiger partial charge in [-0.3, -0.25) is 0 Å². The molecule has 5 rings (SSSR count). The molecule has 0 aliphatic heterocycles. The molecule has 0 amide bonds. The van der Waals surface area contributed by atoms with Gasteiger partial charge in [0.15, 0.2) is 0 Å². The van der Waals surface area contributed by atoms with Crippen LogP contribution in [0.5, 0.6) is 0 Å². The van der Waals surface area contributed by atoms with Gasteiger partial charge in [0.25, 0.3) is 0 Å². The largest absolute Gasteiger partial charge is 1.00 e. The van der Waals surface area contributed by atoms with Crippen molar-refractivity contribution >= 4 is 27.9 Å². The molecule has 0 fully saturated rings. The smallest absolute Gasteiger partial charge is 1.00 e. The first kappa shape index (κ1) is 19.4. The molecule has 0 bridgehead atoms. The van der Waals surface area contributed by atoms with Crippen molar-refractivity contribution in [2.24, 2.45) is 0 Å². The third-order valence-electron chi connectivity index (χ3n) is 5.08. The van der Waals surface area contributed by atoms with Crippen LogP contribution in [0.15, 0.2) is 72.3 Å². The van der Waals surface area contributed by atoms with E-state index in [2.05, 4.69) is 84.3 Å². The first-order chi connectivity index (χ1) is 11.8. The maximum atomic E-state index is 2.43. The summed E-state index contributed by atoms with van der Waals surface area (Å²) < 4.78 is 3.03. The number of fused-ring (bicyclic) bond motifs is 4. The number of hydrogen-bond acceptors (Lipinski definition) is 0. The molecule has 0 saturated carbocycles. The normalized spacial score (nSPS) is 15.3. The van der Waals surface area contributed by atoms with Crippen molar-refractivity contribution in [1.29, 1.82) is 0 Å². The van der Waals surface area contributed by atoms with Gasteiger partial charge in [-0.1, -0.05) is 0 Å². The fourth-order valence-electron chi connectivity index (χ4n) is 3.91. The third-order valence-corrected chi connectivity index (χ3v) is 6.96. The van der Waals surface area contributed by atoms with Gasteiger partial charge in [0.05, 0.1) is 0 Å². The summed E-state index contributed by atoms with van der Waals surface area (Å²) in [5.41, 5.74) is 8.22. The molecule has 127 valence electrons. The molecule has 4 heteroatoms. The second-order valence-electron chi connectivity index (χ2n) is 6.47. The Balaban J connectivity index is 0.000000980. The monoisotopic (exact) mass is 454 g/mol. The number of benzene rings is 3. The van der Waals surface area contributed by atoms with Gasteiger partial charge < -0.3 is 24.8 Å². The molecule has 1 aliphatic rings. The maximum Gasteiger partial charge on any atom is -1.00 e. The second kappa shape index (κ2) is 7.35. The Morgan fingerprint density at radius 2 is 1.35 bits per heavy atom. The van der Waals surface area contributed by atoms with Crippen molar-refractivity contribution in [3.05, 3.63) is 83.4 Å². The zero-order chi connectivity index (χ0) is 16.3. The molecular weight excluding hydrogens is 440 g/mol. The third kappa shape index (κ3) is 2.71. The summed E-state index contributed by atoms with van der Waals surface area (Å²) in [7, 11) is 0. The van der Waals surface area contributed by atoms with Crippen LogP contribution in [0, 0.1) is 0 Å². The van der Waals surface area contributed by atoms with E-state index in [9.17, 15) is 0 Å². The molecule has 0 spiro atoms. The SMILES string of the molecule is CC1=Cc2c(cccc2-n2c3ccccc3c3ccccc32)[CH]1[Zr+2].[Cl-].[Cl-]. The van der Waals surface area contributed by atoms with Gasteiger partial charge in [-0.05, 0) is 0 Å². The molecule has 1 aliphatic carbocycles. The molecule has 1 heterocycles. The van der Waals surface area contributed by atoms with E-state index < -0.39 is 0 Å². The van der Waals surface area contributed by atoms with Gasteiger partial charge in [-0.25, -0.2) is 0 Å². The fraction of sp³-hybridized carbons (Fsp3) is 0.0909. The van der Waals surface area contributed by atoms with Crippen LogP contribution < -0.4 is 24.8 Å². The molecule has 1 aromatic heterocycles. The van der Waals surface area contributed by atoms with Crippen LogP contribution >= 0.6 is 0 Å². The topological polar surface area (TPSA) is 4.93 Å². The number of para-hydroxylation sites is 2. The van der Waals surface area contributed by atoms with E-state index in [4.69, 9.17) is 0 Å². The minimum Gasteiger partial charge on any atom is -1.00 e. The first-order valence-corrected chi connectivity index (χ1v) is 9.68. The predicted octanol–water partition coefficient (Wildman–Crippen LogP) is -0.203. The summed E-state index contributed by atoms with van der Waals surface area (Å²) in [6, 6.07) is 24.2.